The molecule has 2 saturated carbocycles. The number of piperidine rings is 1. The number of anilines is 1. The van der Waals surface area contributed by atoms with Crippen molar-refractivity contribution < 1.29 is 28.5 Å². The summed E-state index contributed by atoms with van der Waals surface area (Å²) < 4.78 is 43.3. The molecule has 4 heterocycles. The van der Waals surface area contributed by atoms with Crippen LogP contribution in [0, 0.1) is 17.0 Å². The number of fused-ring (bicyclic) bond motifs is 3. The first-order valence-electron chi connectivity index (χ1n) is 16.6. The second kappa shape index (κ2) is 13.2. The number of aliphatic hydroxyl groups excluding tert-OH is 1. The van der Waals surface area contributed by atoms with Crippen LogP contribution in [-0.2, 0) is 4.74 Å². The van der Waals surface area contributed by atoms with Crippen molar-refractivity contribution in [3.63, 3.8) is 0 Å². The fourth-order valence-electron chi connectivity index (χ4n) is 7.23. The Morgan fingerprint density at radius 1 is 1.07 bits per heavy atom. The lowest BCUT2D eigenvalue weighted by Crippen LogP contribution is -2.49. The molecule has 3 unspecified atom stereocenters. The summed E-state index contributed by atoms with van der Waals surface area (Å²) in [5.41, 5.74) is -0.0859. The molecule has 3 atom stereocenters. The third-order valence-electron chi connectivity index (χ3n) is 9.99. The van der Waals surface area contributed by atoms with E-state index in [2.05, 4.69) is 15.3 Å². The number of ether oxygens (including phenoxy) is 2. The van der Waals surface area contributed by atoms with E-state index in [9.17, 15) is 10.2 Å². The molecule has 0 radical (unpaired) electrons. The van der Waals surface area contributed by atoms with E-state index in [1.165, 1.54) is 56.1 Å². The number of phenols is 1. The molecule has 0 spiro atoms. The van der Waals surface area contributed by atoms with Gasteiger partial charge in [0.1, 0.15) is 28.6 Å². The molecule has 2 aliphatic carbocycles. The van der Waals surface area contributed by atoms with Crippen molar-refractivity contribution in [3.05, 3.63) is 48.2 Å². The molecule has 9 nitrogen and oxygen atoms in total. The van der Waals surface area contributed by atoms with Crippen molar-refractivity contribution in [2.24, 2.45) is 5.41 Å². The highest BCUT2D eigenvalue weighted by Crippen LogP contribution is 2.45. The van der Waals surface area contributed by atoms with Crippen LogP contribution in [0.3, 0.4) is 0 Å². The van der Waals surface area contributed by atoms with E-state index in [-0.39, 0.29) is 52.5 Å². The van der Waals surface area contributed by atoms with Gasteiger partial charge < -0.3 is 29.9 Å². The second-order valence-electron chi connectivity index (χ2n) is 13.1. The number of halogens is 2. The standard InChI is InChI=1S/C31H33F2N5O4.C4H8/c32-23-5-1-4-18-12-19(39)13-21(25(18)23)27-26(33)28-22(14-35-27)29(38-10-11-41-16-20(40)15-38)37-30(36-28)42-17-31-7-2-6-24(31)34-9-3-8-31;1-2-4-3-1/h1,4-5,12-14,20,24,34,39-40H,2-3,6-11,15-17H2;1-4H2. The maximum Gasteiger partial charge on any atom is 0.319 e. The van der Waals surface area contributed by atoms with E-state index in [0.29, 0.717) is 42.4 Å². The first-order valence-corrected chi connectivity index (χ1v) is 16.6. The maximum atomic E-state index is 16.5. The summed E-state index contributed by atoms with van der Waals surface area (Å²) in [6.45, 7) is 2.60. The van der Waals surface area contributed by atoms with E-state index in [4.69, 9.17) is 14.5 Å². The largest absolute Gasteiger partial charge is 0.508 e. The van der Waals surface area contributed by atoms with Crippen LogP contribution in [0.1, 0.15) is 57.8 Å². The molecule has 244 valence electrons. The number of nitrogens with one attached hydrogen (secondary N) is 1. The Bertz CT molecular complexity index is 1720. The number of benzene rings is 2. The Morgan fingerprint density at radius 3 is 2.72 bits per heavy atom. The van der Waals surface area contributed by atoms with Crippen LogP contribution < -0.4 is 15.0 Å². The number of aromatic nitrogens is 3. The fourth-order valence-corrected chi connectivity index (χ4v) is 7.23. The topological polar surface area (TPSA) is 113 Å². The van der Waals surface area contributed by atoms with Gasteiger partial charge in [-0.2, -0.15) is 9.97 Å². The smallest absolute Gasteiger partial charge is 0.319 e. The number of rotatable bonds is 5. The van der Waals surface area contributed by atoms with Crippen LogP contribution >= 0.6 is 0 Å². The van der Waals surface area contributed by atoms with Crippen molar-refractivity contribution in [2.75, 3.05) is 44.4 Å². The van der Waals surface area contributed by atoms with Crippen LogP contribution in [0.4, 0.5) is 14.6 Å². The molecule has 8 rings (SSSR count). The Hall–Kier alpha value is -3.67. The number of phenolic OH excluding ortho intramolecular Hbond substituents is 1. The van der Waals surface area contributed by atoms with Gasteiger partial charge in [0.2, 0.25) is 0 Å². The van der Waals surface area contributed by atoms with E-state index in [0.717, 1.165) is 38.6 Å². The van der Waals surface area contributed by atoms with Gasteiger partial charge in [-0.15, -0.1) is 0 Å². The lowest BCUT2D eigenvalue weighted by Gasteiger charge is -2.39. The SMILES string of the molecule is C1CCC1.Oc1cc(-c2ncc3c(N4CCOCC(O)C4)nc(OCC45CCCNC4CCC5)nc3c2F)c2c(F)cccc2c1. The quantitative estimate of drug-likeness (QED) is 0.248. The highest BCUT2D eigenvalue weighted by atomic mass is 19.1. The Morgan fingerprint density at radius 2 is 1.89 bits per heavy atom. The average Bonchev–Trinajstić information content (AvgIpc) is 3.32. The van der Waals surface area contributed by atoms with Crippen LogP contribution in [-0.4, -0.2) is 76.8 Å². The molecule has 46 heavy (non-hydrogen) atoms. The molecule has 0 amide bonds. The normalized spacial score (nSPS) is 24.5. The van der Waals surface area contributed by atoms with E-state index < -0.39 is 17.7 Å². The summed E-state index contributed by atoms with van der Waals surface area (Å²) in [6, 6.07) is 7.60. The molecule has 2 saturated heterocycles. The summed E-state index contributed by atoms with van der Waals surface area (Å²) in [7, 11) is 0. The molecule has 4 aliphatic rings. The molecule has 2 aliphatic heterocycles. The van der Waals surface area contributed by atoms with Gasteiger partial charge in [-0.25, -0.2) is 8.78 Å². The Kier molecular flexibility index (Phi) is 8.89. The van der Waals surface area contributed by atoms with Gasteiger partial charge in [-0.1, -0.05) is 44.2 Å². The van der Waals surface area contributed by atoms with Crippen molar-refractivity contribution in [1.82, 2.24) is 20.3 Å². The summed E-state index contributed by atoms with van der Waals surface area (Å²) in [4.78, 5) is 15.5. The maximum absolute atomic E-state index is 16.5. The van der Waals surface area contributed by atoms with Gasteiger partial charge >= 0.3 is 6.01 Å². The van der Waals surface area contributed by atoms with Gasteiger partial charge in [-0.05, 0) is 55.8 Å². The number of hydrogen-bond acceptors (Lipinski definition) is 9. The molecule has 0 bridgehead atoms. The summed E-state index contributed by atoms with van der Waals surface area (Å²) in [6.07, 6.45) is 12.1. The van der Waals surface area contributed by atoms with Crippen LogP contribution in [0.2, 0.25) is 0 Å². The number of pyridine rings is 1. The number of aliphatic hydroxyl groups is 1. The zero-order chi connectivity index (χ0) is 31.7. The molecule has 2 aromatic carbocycles. The monoisotopic (exact) mass is 633 g/mol. The predicted molar refractivity (Wildman–Crippen MR) is 172 cm³/mol. The predicted octanol–water partition coefficient (Wildman–Crippen LogP) is 5.89. The molecule has 4 fully saturated rings. The van der Waals surface area contributed by atoms with Crippen molar-refractivity contribution in [1.29, 1.82) is 0 Å². The molecule has 2 aromatic heterocycles. The number of aromatic hydroxyl groups is 1. The van der Waals surface area contributed by atoms with Crippen molar-refractivity contribution in [3.8, 4) is 23.0 Å². The van der Waals surface area contributed by atoms with Crippen LogP contribution in [0.5, 0.6) is 11.8 Å². The summed E-state index contributed by atoms with van der Waals surface area (Å²) in [5, 5.41) is 25.4. The minimum absolute atomic E-state index is 0.0245. The zero-order valence-electron chi connectivity index (χ0n) is 26.0. The van der Waals surface area contributed by atoms with Crippen LogP contribution in [0.25, 0.3) is 32.9 Å². The third-order valence-corrected chi connectivity index (χ3v) is 9.99. The first kappa shape index (κ1) is 31.0. The number of β-amino-alcohol motifs (C(OH)–C–C–N with tert-alkyl or cyclic N) is 1. The van der Waals surface area contributed by atoms with Gasteiger partial charge in [0.25, 0.3) is 0 Å². The van der Waals surface area contributed by atoms with Crippen LogP contribution in [0.15, 0.2) is 36.5 Å². The van der Waals surface area contributed by atoms with Gasteiger partial charge in [-0.3, -0.25) is 4.98 Å². The van der Waals surface area contributed by atoms with Gasteiger partial charge in [0.15, 0.2) is 5.82 Å². The lowest BCUT2D eigenvalue weighted by molar-refractivity contribution is 0.0597. The molecule has 11 heteroatoms. The Labute approximate surface area is 267 Å². The minimum atomic E-state index is -0.779. The molecule has 4 aromatic rings. The fraction of sp³-hybridized carbons (Fsp3) is 0.514. The number of hydrogen-bond donors (Lipinski definition) is 3. The van der Waals surface area contributed by atoms with Crippen molar-refractivity contribution in [2.45, 2.75) is 69.9 Å². The number of nitrogens with zero attached hydrogens (tertiary/aromatic N) is 4. The molecule has 3 N–H and O–H groups in total. The lowest BCUT2D eigenvalue weighted by atomic mass is 9.76. The van der Waals surface area contributed by atoms with E-state index >= 15 is 8.78 Å². The zero-order valence-corrected chi connectivity index (χ0v) is 26.0. The molecular weight excluding hydrogens is 592 g/mol. The summed E-state index contributed by atoms with van der Waals surface area (Å²) >= 11 is 0. The highest BCUT2D eigenvalue weighted by Gasteiger charge is 2.45. The van der Waals surface area contributed by atoms with E-state index in [1.807, 2.05) is 4.90 Å². The van der Waals surface area contributed by atoms with E-state index in [1.54, 1.807) is 6.07 Å². The molecular formula is C35H41F2N5O4. The second-order valence-corrected chi connectivity index (χ2v) is 13.1. The van der Waals surface area contributed by atoms with Gasteiger partial charge in [0.05, 0.1) is 31.3 Å². The summed E-state index contributed by atoms with van der Waals surface area (Å²) in [5.74, 6) is -1.09. The highest BCUT2D eigenvalue weighted by molar-refractivity contribution is 6.00. The van der Waals surface area contributed by atoms with Crippen molar-refractivity contribution >= 4 is 27.5 Å². The average molecular weight is 634 g/mol. The first-order chi connectivity index (χ1) is 22.4. The minimum Gasteiger partial charge on any atom is -0.508 e. The van der Waals surface area contributed by atoms with Gasteiger partial charge in [0, 0.05) is 41.7 Å². The third kappa shape index (κ3) is 6.08. The Balaban J connectivity index is 0.000000786.